The highest BCUT2D eigenvalue weighted by atomic mass is 35.5. The Morgan fingerprint density at radius 3 is 2.65 bits per heavy atom. The Bertz CT molecular complexity index is 613. The molecule has 0 saturated heterocycles. The van der Waals surface area contributed by atoms with Gasteiger partial charge >= 0.3 is 0 Å². The zero-order chi connectivity index (χ0) is 14.7. The molecule has 0 heterocycles. The number of hydrogen-bond acceptors (Lipinski definition) is 2. The van der Waals surface area contributed by atoms with Crippen LogP contribution in [-0.4, -0.2) is 12.2 Å². The zero-order valence-corrected chi connectivity index (χ0v) is 12.1. The van der Waals surface area contributed by atoms with Crippen LogP contribution in [0.4, 0.5) is 4.39 Å². The maximum atomic E-state index is 13.1. The van der Waals surface area contributed by atoms with Gasteiger partial charge in [0.15, 0.2) is 0 Å². The Labute approximate surface area is 122 Å². The largest absolute Gasteiger partial charge is 0.496 e. The van der Waals surface area contributed by atoms with Crippen LogP contribution >= 0.6 is 11.6 Å². The van der Waals surface area contributed by atoms with E-state index in [9.17, 15) is 9.50 Å². The summed E-state index contributed by atoms with van der Waals surface area (Å²) in [7, 11) is 1.57. The smallest absolute Gasteiger partial charge is 0.141 e. The van der Waals surface area contributed by atoms with Crippen LogP contribution in [-0.2, 0) is 6.42 Å². The quantitative estimate of drug-likeness (QED) is 0.921. The number of ether oxygens (including phenoxy) is 1. The van der Waals surface area contributed by atoms with Crippen molar-refractivity contribution in [3.05, 3.63) is 63.9 Å². The predicted octanol–water partition coefficient (Wildman–Crippen LogP) is 4.07. The lowest BCUT2D eigenvalue weighted by Crippen LogP contribution is -2.05. The first-order chi connectivity index (χ1) is 9.51. The minimum Gasteiger partial charge on any atom is -0.496 e. The van der Waals surface area contributed by atoms with Gasteiger partial charge in [-0.2, -0.15) is 0 Å². The van der Waals surface area contributed by atoms with Gasteiger partial charge in [-0.1, -0.05) is 29.3 Å². The number of aryl methyl sites for hydroxylation is 1. The summed E-state index contributed by atoms with van der Waals surface area (Å²) in [4.78, 5) is 0. The van der Waals surface area contributed by atoms with E-state index in [1.54, 1.807) is 13.2 Å². The lowest BCUT2D eigenvalue weighted by Gasteiger charge is -2.16. The van der Waals surface area contributed by atoms with Crippen molar-refractivity contribution >= 4 is 11.6 Å². The SMILES string of the molecule is COc1ccc(C)cc1C(O)Cc1ccc(F)c(Cl)c1. The van der Waals surface area contributed by atoms with Crippen molar-refractivity contribution in [1.29, 1.82) is 0 Å². The Balaban J connectivity index is 2.25. The fourth-order valence-electron chi connectivity index (χ4n) is 2.11. The third-order valence-electron chi connectivity index (χ3n) is 3.16. The van der Waals surface area contributed by atoms with E-state index in [2.05, 4.69) is 0 Å². The van der Waals surface area contributed by atoms with Gasteiger partial charge < -0.3 is 9.84 Å². The summed E-state index contributed by atoms with van der Waals surface area (Å²) in [5.74, 6) is 0.175. The van der Waals surface area contributed by atoms with Crippen molar-refractivity contribution in [3.8, 4) is 5.75 Å². The van der Waals surface area contributed by atoms with E-state index in [4.69, 9.17) is 16.3 Å². The molecule has 0 spiro atoms. The molecule has 0 saturated carbocycles. The van der Waals surface area contributed by atoms with Crippen molar-refractivity contribution in [2.75, 3.05) is 7.11 Å². The molecule has 20 heavy (non-hydrogen) atoms. The first kappa shape index (κ1) is 14.8. The van der Waals surface area contributed by atoms with Crippen LogP contribution in [0.2, 0.25) is 5.02 Å². The molecule has 2 aromatic carbocycles. The number of methoxy groups -OCH3 is 1. The van der Waals surface area contributed by atoms with Gasteiger partial charge in [-0.05, 0) is 36.8 Å². The normalized spacial score (nSPS) is 12.2. The summed E-state index contributed by atoms with van der Waals surface area (Å²) in [5, 5.41) is 10.4. The molecule has 2 nitrogen and oxygen atoms in total. The van der Waals surface area contributed by atoms with E-state index in [1.807, 2.05) is 25.1 Å². The maximum absolute atomic E-state index is 13.1. The highest BCUT2D eigenvalue weighted by Crippen LogP contribution is 2.29. The van der Waals surface area contributed by atoms with Crippen molar-refractivity contribution < 1.29 is 14.2 Å². The van der Waals surface area contributed by atoms with Crippen molar-refractivity contribution in [2.24, 2.45) is 0 Å². The molecule has 0 bridgehead atoms. The molecule has 2 aromatic rings. The Hall–Kier alpha value is -1.58. The molecule has 0 aliphatic carbocycles. The lowest BCUT2D eigenvalue weighted by atomic mass is 9.99. The van der Waals surface area contributed by atoms with Crippen LogP contribution in [0, 0.1) is 12.7 Å². The second kappa shape index (κ2) is 6.25. The average molecular weight is 295 g/mol. The number of hydrogen-bond donors (Lipinski definition) is 1. The molecule has 2 rings (SSSR count). The summed E-state index contributed by atoms with van der Waals surface area (Å²) in [5.41, 5.74) is 2.53. The topological polar surface area (TPSA) is 29.5 Å². The molecule has 0 aromatic heterocycles. The third-order valence-corrected chi connectivity index (χ3v) is 3.45. The van der Waals surface area contributed by atoms with E-state index in [-0.39, 0.29) is 5.02 Å². The van der Waals surface area contributed by atoms with Gasteiger partial charge in [0.05, 0.1) is 18.2 Å². The highest BCUT2D eigenvalue weighted by Gasteiger charge is 2.15. The van der Waals surface area contributed by atoms with Crippen LogP contribution in [0.5, 0.6) is 5.75 Å². The van der Waals surface area contributed by atoms with E-state index < -0.39 is 11.9 Å². The van der Waals surface area contributed by atoms with Gasteiger partial charge in [0.25, 0.3) is 0 Å². The number of halogens is 2. The van der Waals surface area contributed by atoms with Crippen molar-refractivity contribution in [2.45, 2.75) is 19.4 Å². The molecular formula is C16H16ClFO2. The van der Waals surface area contributed by atoms with E-state index in [1.165, 1.54) is 12.1 Å². The molecular weight excluding hydrogens is 279 g/mol. The van der Waals surface area contributed by atoms with Crippen molar-refractivity contribution in [1.82, 2.24) is 0 Å². The molecule has 0 aliphatic rings. The Morgan fingerprint density at radius 1 is 1.25 bits per heavy atom. The fraction of sp³-hybridized carbons (Fsp3) is 0.250. The summed E-state index contributed by atoms with van der Waals surface area (Å²) in [6.45, 7) is 1.95. The fourth-order valence-corrected chi connectivity index (χ4v) is 2.32. The van der Waals surface area contributed by atoms with Gasteiger partial charge in [-0.15, -0.1) is 0 Å². The summed E-state index contributed by atoms with van der Waals surface area (Å²) in [6.07, 6.45) is -0.383. The van der Waals surface area contributed by atoms with Crippen LogP contribution in [0.25, 0.3) is 0 Å². The monoisotopic (exact) mass is 294 g/mol. The minimum absolute atomic E-state index is 0.0610. The third kappa shape index (κ3) is 3.30. The number of aliphatic hydroxyl groups excluding tert-OH is 1. The molecule has 0 aliphatic heterocycles. The zero-order valence-electron chi connectivity index (χ0n) is 11.4. The molecule has 1 atom stereocenters. The molecule has 0 fully saturated rings. The Kier molecular flexibility index (Phi) is 4.63. The van der Waals surface area contributed by atoms with Crippen LogP contribution in [0.1, 0.15) is 22.8 Å². The number of aliphatic hydroxyl groups is 1. The standard InChI is InChI=1S/C16H16ClFO2/c1-10-3-6-16(20-2)12(7-10)15(19)9-11-4-5-14(18)13(17)8-11/h3-8,15,19H,9H2,1-2H3. The van der Waals surface area contributed by atoms with Crippen LogP contribution in [0.15, 0.2) is 36.4 Å². The van der Waals surface area contributed by atoms with Gasteiger partial charge in [0.1, 0.15) is 11.6 Å². The lowest BCUT2D eigenvalue weighted by molar-refractivity contribution is 0.174. The van der Waals surface area contributed by atoms with Gasteiger partial charge in [0, 0.05) is 12.0 Å². The van der Waals surface area contributed by atoms with E-state index >= 15 is 0 Å². The van der Waals surface area contributed by atoms with Gasteiger partial charge in [0.2, 0.25) is 0 Å². The van der Waals surface area contributed by atoms with Gasteiger partial charge in [-0.3, -0.25) is 0 Å². The summed E-state index contributed by atoms with van der Waals surface area (Å²) >= 11 is 5.75. The van der Waals surface area contributed by atoms with Gasteiger partial charge in [-0.25, -0.2) is 4.39 Å². The second-order valence-corrected chi connectivity index (χ2v) is 5.12. The highest BCUT2D eigenvalue weighted by molar-refractivity contribution is 6.30. The van der Waals surface area contributed by atoms with Crippen molar-refractivity contribution in [3.63, 3.8) is 0 Å². The first-order valence-corrected chi connectivity index (χ1v) is 6.65. The van der Waals surface area contributed by atoms with Crippen LogP contribution < -0.4 is 4.74 Å². The van der Waals surface area contributed by atoms with Crippen LogP contribution in [0.3, 0.4) is 0 Å². The Morgan fingerprint density at radius 2 is 2.00 bits per heavy atom. The number of benzene rings is 2. The molecule has 0 radical (unpaired) electrons. The minimum atomic E-state index is -0.730. The molecule has 1 unspecified atom stereocenters. The average Bonchev–Trinajstić information content (AvgIpc) is 2.43. The second-order valence-electron chi connectivity index (χ2n) is 4.71. The maximum Gasteiger partial charge on any atom is 0.141 e. The molecule has 0 amide bonds. The number of rotatable bonds is 4. The molecule has 4 heteroatoms. The molecule has 106 valence electrons. The van der Waals surface area contributed by atoms with E-state index in [0.717, 1.165) is 11.1 Å². The first-order valence-electron chi connectivity index (χ1n) is 6.28. The summed E-state index contributed by atoms with van der Waals surface area (Å²) < 4.78 is 18.4. The molecule has 1 N–H and O–H groups in total. The predicted molar refractivity (Wildman–Crippen MR) is 77.8 cm³/mol. The summed E-state index contributed by atoms with van der Waals surface area (Å²) in [6, 6.07) is 10.1. The van der Waals surface area contributed by atoms with E-state index in [0.29, 0.717) is 17.7 Å².